The topological polar surface area (TPSA) is 65.7 Å². The summed E-state index contributed by atoms with van der Waals surface area (Å²) in [5.41, 5.74) is 3.37. The van der Waals surface area contributed by atoms with Crippen LogP contribution in [-0.2, 0) is 6.42 Å². The van der Waals surface area contributed by atoms with Gasteiger partial charge in [-0.05, 0) is 61.7 Å². The number of nitrogens with zero attached hydrogens (tertiary/aromatic N) is 3. The first kappa shape index (κ1) is 23.0. The monoisotopic (exact) mass is 561 g/mol. The van der Waals surface area contributed by atoms with E-state index in [9.17, 15) is 0 Å². The normalized spacial score (nSPS) is 16.8. The molecule has 1 unspecified atom stereocenters. The minimum atomic E-state index is 0. The molecule has 2 aromatic rings. The molecule has 0 radical (unpaired) electrons. The Kier molecular flexibility index (Phi) is 9.07. The predicted octanol–water partition coefficient (Wildman–Crippen LogP) is 4.05. The lowest BCUT2D eigenvalue weighted by molar-refractivity contribution is 0.392. The summed E-state index contributed by atoms with van der Waals surface area (Å²) in [7, 11) is 0. The van der Waals surface area contributed by atoms with Crippen molar-refractivity contribution in [3.8, 4) is 0 Å². The largest absolute Gasteiger partial charge is 0.368 e. The molecule has 6 nitrogen and oxygen atoms in total. The number of aliphatic imine (C=N–C) groups is 1. The number of guanidine groups is 1. The highest BCUT2D eigenvalue weighted by molar-refractivity contribution is 14.0. The van der Waals surface area contributed by atoms with Crippen molar-refractivity contribution >= 4 is 51.6 Å². The highest BCUT2D eigenvalue weighted by atomic mass is 127. The molecular weight excluding hydrogens is 533 g/mol. The SMILES string of the molecule is CCNC(=NCCc1c(C)noc1C)NC1CCN(c2ccccc2Br)C1.I. The van der Waals surface area contributed by atoms with Crippen LogP contribution in [0.5, 0.6) is 0 Å². The summed E-state index contributed by atoms with van der Waals surface area (Å²) in [6.07, 6.45) is 1.93. The fourth-order valence-electron chi connectivity index (χ4n) is 3.46. The van der Waals surface area contributed by atoms with E-state index in [1.807, 2.05) is 19.9 Å². The van der Waals surface area contributed by atoms with Crippen molar-refractivity contribution in [3.05, 3.63) is 45.8 Å². The van der Waals surface area contributed by atoms with Gasteiger partial charge in [-0.1, -0.05) is 17.3 Å². The third kappa shape index (κ3) is 5.85. The molecule has 3 rings (SSSR count). The molecule has 28 heavy (non-hydrogen) atoms. The van der Waals surface area contributed by atoms with Gasteiger partial charge in [-0.3, -0.25) is 4.99 Å². The first-order chi connectivity index (χ1) is 13.1. The van der Waals surface area contributed by atoms with Crippen LogP contribution in [0.3, 0.4) is 0 Å². The van der Waals surface area contributed by atoms with E-state index in [2.05, 4.69) is 61.7 Å². The van der Waals surface area contributed by atoms with Crippen LogP contribution in [0.4, 0.5) is 5.69 Å². The minimum Gasteiger partial charge on any atom is -0.368 e. The van der Waals surface area contributed by atoms with Crippen LogP contribution in [0, 0.1) is 13.8 Å². The number of benzene rings is 1. The van der Waals surface area contributed by atoms with Crippen LogP contribution < -0.4 is 15.5 Å². The van der Waals surface area contributed by atoms with Crippen molar-refractivity contribution in [3.63, 3.8) is 0 Å². The van der Waals surface area contributed by atoms with E-state index in [0.29, 0.717) is 12.6 Å². The Morgan fingerprint density at radius 1 is 1.36 bits per heavy atom. The molecule has 1 atom stereocenters. The predicted molar refractivity (Wildman–Crippen MR) is 129 cm³/mol. The zero-order chi connectivity index (χ0) is 19.2. The Morgan fingerprint density at radius 3 is 2.82 bits per heavy atom. The first-order valence-electron chi connectivity index (χ1n) is 9.54. The fraction of sp³-hybridized carbons (Fsp3) is 0.500. The molecule has 1 aliphatic rings. The zero-order valence-electron chi connectivity index (χ0n) is 16.7. The standard InChI is InChI=1S/C20H28BrN5O.HI/c1-4-22-20(23-11-9-17-14(2)25-27-15(17)3)24-16-10-12-26(13-16)19-8-6-5-7-18(19)21;/h5-8,16H,4,9-13H2,1-3H3,(H2,22,23,24);1H. The number of anilines is 1. The molecule has 1 fully saturated rings. The summed E-state index contributed by atoms with van der Waals surface area (Å²) in [6, 6.07) is 8.77. The molecule has 8 heteroatoms. The third-order valence-corrected chi connectivity index (χ3v) is 5.55. The Labute approximate surface area is 192 Å². The number of hydrogen-bond donors (Lipinski definition) is 2. The summed E-state index contributed by atoms with van der Waals surface area (Å²) in [4.78, 5) is 7.16. The molecule has 1 aromatic carbocycles. The molecule has 0 bridgehead atoms. The van der Waals surface area contributed by atoms with Gasteiger partial charge in [0, 0.05) is 42.3 Å². The minimum absolute atomic E-state index is 0. The number of hydrogen-bond acceptors (Lipinski definition) is 4. The van der Waals surface area contributed by atoms with Gasteiger partial charge in [0.15, 0.2) is 5.96 Å². The molecule has 0 amide bonds. The molecule has 0 aliphatic carbocycles. The van der Waals surface area contributed by atoms with E-state index >= 15 is 0 Å². The smallest absolute Gasteiger partial charge is 0.191 e. The van der Waals surface area contributed by atoms with Gasteiger partial charge in [0.25, 0.3) is 0 Å². The maximum atomic E-state index is 5.23. The zero-order valence-corrected chi connectivity index (χ0v) is 20.6. The van der Waals surface area contributed by atoms with E-state index < -0.39 is 0 Å². The van der Waals surface area contributed by atoms with Crippen LogP contribution in [0.25, 0.3) is 0 Å². The highest BCUT2D eigenvalue weighted by Gasteiger charge is 2.24. The second-order valence-electron chi connectivity index (χ2n) is 6.84. The lowest BCUT2D eigenvalue weighted by Gasteiger charge is -2.21. The van der Waals surface area contributed by atoms with Crippen molar-refractivity contribution in [1.29, 1.82) is 0 Å². The van der Waals surface area contributed by atoms with E-state index in [-0.39, 0.29) is 24.0 Å². The maximum absolute atomic E-state index is 5.23. The molecule has 1 saturated heterocycles. The summed E-state index contributed by atoms with van der Waals surface area (Å²) in [5.74, 6) is 1.77. The quantitative estimate of drug-likeness (QED) is 0.316. The van der Waals surface area contributed by atoms with Crippen molar-refractivity contribution in [2.24, 2.45) is 4.99 Å². The van der Waals surface area contributed by atoms with E-state index in [0.717, 1.165) is 59.9 Å². The summed E-state index contributed by atoms with van der Waals surface area (Å²) < 4.78 is 6.38. The lowest BCUT2D eigenvalue weighted by atomic mass is 10.1. The fourth-order valence-corrected chi connectivity index (χ4v) is 3.99. The van der Waals surface area contributed by atoms with Gasteiger partial charge in [-0.2, -0.15) is 0 Å². The van der Waals surface area contributed by atoms with Gasteiger partial charge in [-0.25, -0.2) is 0 Å². The van der Waals surface area contributed by atoms with Crippen molar-refractivity contribution < 1.29 is 4.52 Å². The summed E-state index contributed by atoms with van der Waals surface area (Å²) in [5, 5.41) is 11.0. The average Bonchev–Trinajstić information content (AvgIpc) is 3.23. The molecule has 2 N–H and O–H groups in total. The van der Waals surface area contributed by atoms with Gasteiger partial charge in [0.2, 0.25) is 0 Å². The van der Waals surface area contributed by atoms with E-state index in [1.54, 1.807) is 0 Å². The van der Waals surface area contributed by atoms with Crippen LogP contribution in [0.2, 0.25) is 0 Å². The number of aromatic nitrogens is 1. The molecule has 154 valence electrons. The highest BCUT2D eigenvalue weighted by Crippen LogP contribution is 2.28. The van der Waals surface area contributed by atoms with Gasteiger partial charge in [0.1, 0.15) is 5.76 Å². The number of aryl methyl sites for hydroxylation is 2. The van der Waals surface area contributed by atoms with Crippen LogP contribution in [0.1, 0.15) is 30.4 Å². The van der Waals surface area contributed by atoms with E-state index in [1.165, 1.54) is 5.69 Å². The van der Waals surface area contributed by atoms with E-state index in [4.69, 9.17) is 9.52 Å². The van der Waals surface area contributed by atoms with Gasteiger partial charge < -0.3 is 20.1 Å². The number of rotatable bonds is 6. The molecule has 0 spiro atoms. The number of halogens is 2. The Morgan fingerprint density at radius 2 is 2.14 bits per heavy atom. The molecule has 1 aliphatic heterocycles. The van der Waals surface area contributed by atoms with Crippen LogP contribution >= 0.6 is 39.9 Å². The third-order valence-electron chi connectivity index (χ3n) is 4.88. The van der Waals surface area contributed by atoms with Crippen LogP contribution in [-0.4, -0.2) is 43.3 Å². The molecular formula is C20H29BrIN5O. The van der Waals surface area contributed by atoms with Crippen molar-refractivity contribution in [2.45, 2.75) is 39.7 Å². The van der Waals surface area contributed by atoms with Crippen molar-refractivity contribution in [1.82, 2.24) is 15.8 Å². The second-order valence-corrected chi connectivity index (χ2v) is 7.70. The molecule has 0 saturated carbocycles. The van der Waals surface area contributed by atoms with Crippen molar-refractivity contribution in [2.75, 3.05) is 31.1 Å². The number of para-hydroxylation sites is 1. The maximum Gasteiger partial charge on any atom is 0.191 e. The summed E-state index contributed by atoms with van der Waals surface area (Å²) >= 11 is 3.66. The van der Waals surface area contributed by atoms with Gasteiger partial charge >= 0.3 is 0 Å². The second kappa shape index (κ2) is 11.0. The molecule has 2 heterocycles. The Hall–Kier alpha value is -1.29. The number of nitrogens with one attached hydrogen (secondary N) is 2. The average molecular weight is 562 g/mol. The van der Waals surface area contributed by atoms with Gasteiger partial charge in [-0.15, -0.1) is 24.0 Å². The van der Waals surface area contributed by atoms with Gasteiger partial charge in [0.05, 0.1) is 11.4 Å². The lowest BCUT2D eigenvalue weighted by Crippen LogP contribution is -2.44. The Bertz CT molecular complexity index is 775. The Balaban J connectivity index is 0.00000280. The molecule has 1 aromatic heterocycles. The summed E-state index contributed by atoms with van der Waals surface area (Å²) in [6.45, 7) is 9.59. The first-order valence-corrected chi connectivity index (χ1v) is 10.3. The van der Waals surface area contributed by atoms with Crippen LogP contribution in [0.15, 0.2) is 38.3 Å².